The Bertz CT molecular complexity index is 847. The van der Waals surface area contributed by atoms with Crippen molar-refractivity contribution in [3.05, 3.63) is 95.6 Å². The standard InChI is InChI=1S/C21H16O2/c1-15(22)19-8-5-9-20(14-19)21(23)18-12-10-17(11-13-18)16-6-3-2-4-7-16/h2-14H,1H3. The maximum Gasteiger partial charge on any atom is 0.193 e. The van der Waals surface area contributed by atoms with Gasteiger partial charge in [0, 0.05) is 16.7 Å². The van der Waals surface area contributed by atoms with Gasteiger partial charge in [-0.05, 0) is 24.1 Å². The second-order valence-corrected chi connectivity index (χ2v) is 5.41. The topological polar surface area (TPSA) is 34.1 Å². The number of rotatable bonds is 4. The minimum absolute atomic E-state index is 0.0425. The lowest BCUT2D eigenvalue weighted by molar-refractivity contribution is 0.101. The molecule has 112 valence electrons. The van der Waals surface area contributed by atoms with Crippen molar-refractivity contribution >= 4 is 11.6 Å². The average molecular weight is 300 g/mol. The minimum Gasteiger partial charge on any atom is -0.295 e. The summed E-state index contributed by atoms with van der Waals surface area (Å²) in [5, 5.41) is 0. The summed E-state index contributed by atoms with van der Waals surface area (Å²) in [5.74, 6) is -0.119. The van der Waals surface area contributed by atoms with E-state index in [4.69, 9.17) is 0 Å². The Kier molecular flexibility index (Phi) is 4.15. The maximum atomic E-state index is 12.6. The number of hydrogen-bond donors (Lipinski definition) is 0. The number of carbonyl (C=O) groups excluding carboxylic acids is 2. The van der Waals surface area contributed by atoms with Gasteiger partial charge in [0.1, 0.15) is 0 Å². The molecule has 0 atom stereocenters. The summed E-state index contributed by atoms with van der Waals surface area (Å²) >= 11 is 0. The van der Waals surface area contributed by atoms with Gasteiger partial charge in [0.15, 0.2) is 11.6 Å². The van der Waals surface area contributed by atoms with Crippen LogP contribution in [-0.4, -0.2) is 11.6 Å². The van der Waals surface area contributed by atoms with Crippen LogP contribution < -0.4 is 0 Å². The zero-order chi connectivity index (χ0) is 16.2. The monoisotopic (exact) mass is 300 g/mol. The molecule has 0 aliphatic carbocycles. The molecular weight excluding hydrogens is 284 g/mol. The molecule has 3 rings (SSSR count). The summed E-state index contributed by atoms with van der Waals surface area (Å²) in [6.07, 6.45) is 0. The fourth-order valence-corrected chi connectivity index (χ4v) is 2.49. The molecule has 0 aliphatic heterocycles. The van der Waals surface area contributed by atoms with Gasteiger partial charge in [-0.2, -0.15) is 0 Å². The van der Waals surface area contributed by atoms with Crippen LogP contribution in [0.15, 0.2) is 78.9 Å². The molecular formula is C21H16O2. The van der Waals surface area contributed by atoms with E-state index in [9.17, 15) is 9.59 Å². The van der Waals surface area contributed by atoms with Crippen LogP contribution in [0.4, 0.5) is 0 Å². The van der Waals surface area contributed by atoms with E-state index >= 15 is 0 Å². The highest BCUT2D eigenvalue weighted by Crippen LogP contribution is 2.20. The highest BCUT2D eigenvalue weighted by molar-refractivity contribution is 6.10. The van der Waals surface area contributed by atoms with Crippen LogP contribution in [0.2, 0.25) is 0 Å². The first-order valence-electron chi connectivity index (χ1n) is 7.46. The molecule has 0 saturated carbocycles. The van der Waals surface area contributed by atoms with Gasteiger partial charge in [-0.25, -0.2) is 0 Å². The summed E-state index contributed by atoms with van der Waals surface area (Å²) in [5.41, 5.74) is 3.89. The summed E-state index contributed by atoms with van der Waals surface area (Å²) in [4.78, 5) is 24.0. The second-order valence-electron chi connectivity index (χ2n) is 5.41. The fourth-order valence-electron chi connectivity index (χ4n) is 2.49. The normalized spacial score (nSPS) is 10.3. The molecule has 0 N–H and O–H groups in total. The zero-order valence-electron chi connectivity index (χ0n) is 12.8. The van der Waals surface area contributed by atoms with Crippen molar-refractivity contribution in [1.29, 1.82) is 0 Å². The van der Waals surface area contributed by atoms with Crippen molar-refractivity contribution in [2.45, 2.75) is 6.92 Å². The smallest absolute Gasteiger partial charge is 0.193 e. The van der Waals surface area contributed by atoms with Gasteiger partial charge in [0.2, 0.25) is 0 Å². The predicted molar refractivity (Wildman–Crippen MR) is 91.8 cm³/mol. The lowest BCUT2D eigenvalue weighted by Crippen LogP contribution is -2.03. The Morgan fingerprint density at radius 3 is 1.87 bits per heavy atom. The molecule has 3 aromatic rings. The van der Waals surface area contributed by atoms with Gasteiger partial charge in [0.25, 0.3) is 0 Å². The Labute approximate surface area is 135 Å². The second kappa shape index (κ2) is 6.41. The first-order chi connectivity index (χ1) is 11.1. The van der Waals surface area contributed by atoms with E-state index in [1.54, 1.807) is 24.3 Å². The van der Waals surface area contributed by atoms with E-state index in [-0.39, 0.29) is 11.6 Å². The summed E-state index contributed by atoms with van der Waals surface area (Å²) in [6, 6.07) is 24.4. The van der Waals surface area contributed by atoms with Crippen molar-refractivity contribution in [2.24, 2.45) is 0 Å². The van der Waals surface area contributed by atoms with Crippen molar-refractivity contribution in [1.82, 2.24) is 0 Å². The van der Waals surface area contributed by atoms with Gasteiger partial charge in [-0.15, -0.1) is 0 Å². The Morgan fingerprint density at radius 2 is 1.22 bits per heavy atom. The molecule has 2 nitrogen and oxygen atoms in total. The minimum atomic E-state index is -0.0762. The molecule has 2 heteroatoms. The number of Topliss-reactive ketones (excluding diaryl/α,β-unsaturated/α-hetero) is 1. The van der Waals surface area contributed by atoms with Crippen LogP contribution in [0.1, 0.15) is 33.2 Å². The lowest BCUT2D eigenvalue weighted by atomic mass is 9.98. The van der Waals surface area contributed by atoms with Crippen LogP contribution in [0.25, 0.3) is 11.1 Å². The van der Waals surface area contributed by atoms with Crippen molar-refractivity contribution in [2.75, 3.05) is 0 Å². The third-order valence-electron chi connectivity index (χ3n) is 3.79. The predicted octanol–water partition coefficient (Wildman–Crippen LogP) is 4.79. The molecule has 0 amide bonds. The number of ketones is 2. The molecule has 23 heavy (non-hydrogen) atoms. The van der Waals surface area contributed by atoms with Gasteiger partial charge < -0.3 is 0 Å². The van der Waals surface area contributed by atoms with Crippen molar-refractivity contribution < 1.29 is 9.59 Å². The quantitative estimate of drug-likeness (QED) is 0.649. The molecule has 0 aliphatic rings. The Balaban J connectivity index is 1.89. The third kappa shape index (κ3) is 3.27. The van der Waals surface area contributed by atoms with Crippen molar-refractivity contribution in [3.63, 3.8) is 0 Å². The number of hydrogen-bond acceptors (Lipinski definition) is 2. The largest absolute Gasteiger partial charge is 0.295 e. The highest BCUT2D eigenvalue weighted by atomic mass is 16.1. The number of benzene rings is 3. The van der Waals surface area contributed by atoms with E-state index in [0.717, 1.165) is 11.1 Å². The molecule has 0 fully saturated rings. The summed E-state index contributed by atoms with van der Waals surface area (Å²) < 4.78 is 0. The maximum absolute atomic E-state index is 12.6. The van der Waals surface area contributed by atoms with Crippen LogP contribution >= 0.6 is 0 Å². The van der Waals surface area contributed by atoms with Gasteiger partial charge in [0.05, 0.1) is 0 Å². The van der Waals surface area contributed by atoms with Gasteiger partial charge in [-0.1, -0.05) is 72.8 Å². The van der Waals surface area contributed by atoms with E-state index in [0.29, 0.717) is 16.7 Å². The average Bonchev–Trinajstić information content (AvgIpc) is 2.62. The van der Waals surface area contributed by atoms with Gasteiger partial charge in [-0.3, -0.25) is 9.59 Å². The van der Waals surface area contributed by atoms with E-state index in [1.807, 2.05) is 54.6 Å². The molecule has 0 unspecified atom stereocenters. The fraction of sp³-hybridized carbons (Fsp3) is 0.0476. The molecule has 0 radical (unpaired) electrons. The molecule has 3 aromatic carbocycles. The van der Waals surface area contributed by atoms with E-state index in [1.165, 1.54) is 6.92 Å². The van der Waals surface area contributed by atoms with Crippen LogP contribution in [0, 0.1) is 0 Å². The zero-order valence-corrected chi connectivity index (χ0v) is 12.8. The van der Waals surface area contributed by atoms with Crippen LogP contribution in [-0.2, 0) is 0 Å². The van der Waals surface area contributed by atoms with E-state index in [2.05, 4.69) is 0 Å². The molecule has 0 saturated heterocycles. The van der Waals surface area contributed by atoms with E-state index < -0.39 is 0 Å². The Hall–Kier alpha value is -3.00. The highest BCUT2D eigenvalue weighted by Gasteiger charge is 2.11. The molecule has 0 spiro atoms. The third-order valence-corrected chi connectivity index (χ3v) is 3.79. The summed E-state index contributed by atoms with van der Waals surface area (Å²) in [6.45, 7) is 1.50. The summed E-state index contributed by atoms with van der Waals surface area (Å²) in [7, 11) is 0. The first kappa shape index (κ1) is 14.9. The van der Waals surface area contributed by atoms with Gasteiger partial charge >= 0.3 is 0 Å². The lowest BCUT2D eigenvalue weighted by Gasteiger charge is -2.05. The molecule has 0 aromatic heterocycles. The molecule has 0 heterocycles. The number of carbonyl (C=O) groups is 2. The van der Waals surface area contributed by atoms with Crippen LogP contribution in [0.3, 0.4) is 0 Å². The van der Waals surface area contributed by atoms with Crippen LogP contribution in [0.5, 0.6) is 0 Å². The SMILES string of the molecule is CC(=O)c1cccc(C(=O)c2ccc(-c3ccccc3)cc2)c1. The Morgan fingerprint density at radius 1 is 0.609 bits per heavy atom. The van der Waals surface area contributed by atoms with Crippen molar-refractivity contribution in [3.8, 4) is 11.1 Å². The molecule has 0 bridgehead atoms. The first-order valence-corrected chi connectivity index (χ1v) is 7.46.